The minimum absolute atomic E-state index is 0.135. The van der Waals surface area contributed by atoms with Gasteiger partial charge in [0.1, 0.15) is 13.2 Å². The molecule has 1 aliphatic heterocycles. The second-order valence-electron chi connectivity index (χ2n) is 6.27. The molecule has 24 heavy (non-hydrogen) atoms. The van der Waals surface area contributed by atoms with Crippen LogP contribution in [0.4, 0.5) is 0 Å². The Labute approximate surface area is 142 Å². The summed E-state index contributed by atoms with van der Waals surface area (Å²) in [4.78, 5) is 23.0. The zero-order valence-electron chi connectivity index (χ0n) is 14.3. The smallest absolute Gasteiger partial charge is 0.308 e. The Balaban J connectivity index is 1.83. The van der Waals surface area contributed by atoms with E-state index in [-0.39, 0.29) is 43.8 Å². The summed E-state index contributed by atoms with van der Waals surface area (Å²) in [5.41, 5.74) is 0.937. The molecule has 0 bridgehead atoms. The normalized spacial score (nSPS) is 22.6. The number of benzene rings is 1. The molecule has 1 aromatic rings. The van der Waals surface area contributed by atoms with Crippen LogP contribution in [0.1, 0.15) is 39.2 Å². The highest BCUT2D eigenvalue weighted by Gasteiger charge is 2.37. The van der Waals surface area contributed by atoms with E-state index in [1.807, 2.05) is 30.3 Å². The van der Waals surface area contributed by atoms with Crippen LogP contribution in [0.25, 0.3) is 0 Å². The first-order valence-electron chi connectivity index (χ1n) is 8.02. The molecule has 0 unspecified atom stereocenters. The summed E-state index contributed by atoms with van der Waals surface area (Å²) in [5.74, 6) is -1.53. The van der Waals surface area contributed by atoms with Crippen LogP contribution < -0.4 is 0 Å². The van der Waals surface area contributed by atoms with E-state index >= 15 is 0 Å². The molecule has 0 radical (unpaired) electrons. The number of hydrogen-bond acceptors (Lipinski definition) is 6. The third-order valence-corrected chi connectivity index (χ3v) is 3.54. The maximum atomic E-state index is 12.0. The van der Waals surface area contributed by atoms with Gasteiger partial charge in [-0.15, -0.1) is 0 Å². The Morgan fingerprint density at radius 2 is 1.79 bits per heavy atom. The maximum absolute atomic E-state index is 12.0. The van der Waals surface area contributed by atoms with E-state index in [9.17, 15) is 9.59 Å². The summed E-state index contributed by atoms with van der Waals surface area (Å²) in [7, 11) is 0. The van der Waals surface area contributed by atoms with E-state index in [0.29, 0.717) is 6.42 Å². The van der Waals surface area contributed by atoms with Crippen LogP contribution in [0, 0.1) is 0 Å². The van der Waals surface area contributed by atoms with Gasteiger partial charge in [-0.3, -0.25) is 9.59 Å². The monoisotopic (exact) mass is 336 g/mol. The van der Waals surface area contributed by atoms with Crippen molar-refractivity contribution < 1.29 is 28.5 Å². The lowest BCUT2D eigenvalue weighted by atomic mass is 10.1. The van der Waals surface area contributed by atoms with Crippen molar-refractivity contribution in [3.05, 3.63) is 35.9 Å². The molecule has 6 nitrogen and oxygen atoms in total. The number of hydrogen-bond donors (Lipinski definition) is 0. The van der Waals surface area contributed by atoms with Crippen molar-refractivity contribution in [3.8, 4) is 0 Å². The van der Waals surface area contributed by atoms with Gasteiger partial charge in [0.25, 0.3) is 0 Å². The van der Waals surface area contributed by atoms with Crippen LogP contribution in [0.5, 0.6) is 0 Å². The molecule has 0 aliphatic carbocycles. The van der Waals surface area contributed by atoms with Crippen molar-refractivity contribution in [2.45, 2.75) is 58.2 Å². The summed E-state index contributed by atoms with van der Waals surface area (Å²) in [5, 5.41) is 0. The van der Waals surface area contributed by atoms with E-state index in [2.05, 4.69) is 0 Å². The van der Waals surface area contributed by atoms with E-state index in [1.54, 1.807) is 13.8 Å². The number of rotatable bonds is 6. The average Bonchev–Trinajstić information content (AvgIpc) is 2.50. The van der Waals surface area contributed by atoms with Crippen molar-refractivity contribution in [2.75, 3.05) is 6.61 Å². The Morgan fingerprint density at radius 3 is 2.46 bits per heavy atom. The molecule has 2 rings (SSSR count). The molecule has 0 aromatic heterocycles. The van der Waals surface area contributed by atoms with Gasteiger partial charge < -0.3 is 18.9 Å². The van der Waals surface area contributed by atoms with Gasteiger partial charge in [-0.1, -0.05) is 30.3 Å². The fraction of sp³-hybridized carbons (Fsp3) is 0.556. The number of carbonyl (C=O) groups is 2. The highest BCUT2D eigenvalue weighted by molar-refractivity contribution is 5.70. The molecule has 1 heterocycles. The number of ether oxygens (including phenoxy) is 4. The first-order chi connectivity index (χ1) is 11.3. The molecular weight excluding hydrogens is 312 g/mol. The van der Waals surface area contributed by atoms with Gasteiger partial charge >= 0.3 is 11.9 Å². The summed E-state index contributed by atoms with van der Waals surface area (Å²) >= 11 is 0. The minimum atomic E-state index is -0.840. The molecule has 1 fully saturated rings. The summed E-state index contributed by atoms with van der Waals surface area (Å²) in [6.07, 6.45) is -0.0324. The zero-order valence-corrected chi connectivity index (χ0v) is 14.3. The Kier molecular flexibility index (Phi) is 6.34. The zero-order chi connectivity index (χ0) is 17.6. The minimum Gasteiger partial charge on any atom is -0.463 e. The molecule has 1 saturated heterocycles. The molecule has 0 N–H and O–H groups in total. The number of carbonyl (C=O) groups excluding carboxylic acids is 2. The SMILES string of the molecule is CC(=O)OC[C@@H]1C[C@H](CC(=O)OCc2ccccc2)OC(C)(C)O1. The molecule has 0 amide bonds. The second-order valence-corrected chi connectivity index (χ2v) is 6.27. The Morgan fingerprint density at radius 1 is 1.12 bits per heavy atom. The van der Waals surface area contributed by atoms with Crippen LogP contribution in [0.15, 0.2) is 30.3 Å². The topological polar surface area (TPSA) is 71.1 Å². The molecule has 2 atom stereocenters. The molecule has 6 heteroatoms. The average molecular weight is 336 g/mol. The lowest BCUT2D eigenvalue weighted by Gasteiger charge is -2.40. The highest BCUT2D eigenvalue weighted by Crippen LogP contribution is 2.28. The molecule has 0 saturated carbocycles. The lowest BCUT2D eigenvalue weighted by molar-refractivity contribution is -0.304. The van der Waals surface area contributed by atoms with Crippen molar-refractivity contribution >= 4 is 11.9 Å². The third-order valence-electron chi connectivity index (χ3n) is 3.54. The van der Waals surface area contributed by atoms with Crippen molar-refractivity contribution in [2.24, 2.45) is 0 Å². The predicted octanol–water partition coefficient (Wildman–Crippen LogP) is 2.59. The van der Waals surface area contributed by atoms with Crippen molar-refractivity contribution in [3.63, 3.8) is 0 Å². The van der Waals surface area contributed by atoms with Crippen LogP contribution in [-0.2, 0) is 35.1 Å². The second kappa shape index (κ2) is 8.26. The van der Waals surface area contributed by atoms with E-state index in [0.717, 1.165) is 5.56 Å². The van der Waals surface area contributed by atoms with Crippen LogP contribution >= 0.6 is 0 Å². The van der Waals surface area contributed by atoms with E-state index < -0.39 is 5.79 Å². The van der Waals surface area contributed by atoms with Gasteiger partial charge in [0.05, 0.1) is 18.6 Å². The first-order valence-corrected chi connectivity index (χ1v) is 8.02. The third kappa shape index (κ3) is 6.29. The fourth-order valence-electron chi connectivity index (χ4n) is 2.64. The Hall–Kier alpha value is -1.92. The van der Waals surface area contributed by atoms with Crippen LogP contribution in [-0.4, -0.2) is 36.5 Å². The highest BCUT2D eigenvalue weighted by atomic mass is 16.7. The standard InChI is InChI=1S/C18H24O6/c1-13(19)21-12-16-9-15(23-18(2,3)24-16)10-17(20)22-11-14-7-5-4-6-8-14/h4-8,15-16H,9-12H2,1-3H3/t15-,16+/m1/s1. The van der Waals surface area contributed by atoms with Gasteiger partial charge in [0.2, 0.25) is 0 Å². The van der Waals surface area contributed by atoms with Gasteiger partial charge in [0.15, 0.2) is 5.79 Å². The molecule has 1 aromatic carbocycles. The quantitative estimate of drug-likeness (QED) is 0.744. The van der Waals surface area contributed by atoms with Gasteiger partial charge in [-0.25, -0.2) is 0 Å². The molecule has 0 spiro atoms. The lowest BCUT2D eigenvalue weighted by Crippen LogP contribution is -2.47. The maximum Gasteiger partial charge on any atom is 0.308 e. The van der Waals surface area contributed by atoms with E-state index in [4.69, 9.17) is 18.9 Å². The summed E-state index contributed by atoms with van der Waals surface area (Å²) in [6.45, 7) is 5.29. The Bertz CT molecular complexity index is 554. The van der Waals surface area contributed by atoms with E-state index in [1.165, 1.54) is 6.92 Å². The van der Waals surface area contributed by atoms with Gasteiger partial charge in [0, 0.05) is 13.3 Å². The molecular formula is C18H24O6. The fourth-order valence-corrected chi connectivity index (χ4v) is 2.64. The molecule has 132 valence electrons. The van der Waals surface area contributed by atoms with Crippen molar-refractivity contribution in [1.82, 2.24) is 0 Å². The largest absolute Gasteiger partial charge is 0.463 e. The van der Waals surface area contributed by atoms with Crippen LogP contribution in [0.3, 0.4) is 0 Å². The van der Waals surface area contributed by atoms with Crippen molar-refractivity contribution in [1.29, 1.82) is 0 Å². The summed E-state index contributed by atoms with van der Waals surface area (Å²) < 4.78 is 21.8. The first kappa shape index (κ1) is 18.4. The molecule has 1 aliphatic rings. The van der Waals surface area contributed by atoms with Gasteiger partial charge in [-0.2, -0.15) is 0 Å². The van der Waals surface area contributed by atoms with Crippen LogP contribution in [0.2, 0.25) is 0 Å². The van der Waals surface area contributed by atoms with Gasteiger partial charge in [-0.05, 0) is 19.4 Å². The summed E-state index contributed by atoms with van der Waals surface area (Å²) in [6, 6.07) is 9.50. The predicted molar refractivity (Wildman–Crippen MR) is 85.9 cm³/mol. The number of esters is 2.